The third kappa shape index (κ3) is 2.67. The molecule has 0 radical (unpaired) electrons. The number of hydrogen-bond acceptors (Lipinski definition) is 3. The molecule has 1 atom stereocenters. The lowest BCUT2D eigenvalue weighted by molar-refractivity contribution is 0.157. The molecule has 1 unspecified atom stereocenters. The van der Waals surface area contributed by atoms with E-state index in [1.807, 2.05) is 6.92 Å². The first-order chi connectivity index (χ1) is 5.75. The van der Waals surface area contributed by atoms with Gasteiger partial charge in [0, 0.05) is 12.6 Å². The lowest BCUT2D eigenvalue weighted by atomic mass is 10.3. The number of nitrogens with zero attached hydrogens (tertiary/aromatic N) is 1. The van der Waals surface area contributed by atoms with Gasteiger partial charge < -0.3 is 9.05 Å². The molecule has 1 rings (SSSR count). The van der Waals surface area contributed by atoms with Crippen molar-refractivity contribution in [3.63, 3.8) is 0 Å². The van der Waals surface area contributed by atoms with Crippen LogP contribution in [-0.2, 0) is 9.05 Å². The molecule has 1 aliphatic heterocycles. The van der Waals surface area contributed by atoms with Crippen molar-refractivity contribution in [2.24, 2.45) is 0 Å². The Labute approximate surface area is 76.0 Å². The third-order valence-corrected chi connectivity index (χ3v) is 3.74. The Bertz CT molecular complexity index is 130. The molecule has 4 heteroatoms. The summed E-state index contributed by atoms with van der Waals surface area (Å²) in [6.07, 6.45) is 1.13. The second kappa shape index (κ2) is 5.13. The van der Waals surface area contributed by atoms with Crippen LogP contribution in [0.4, 0.5) is 0 Å². The molecule has 0 aromatic heterocycles. The average Bonchev–Trinajstić information content (AvgIpc) is 2.05. The molecule has 12 heavy (non-hydrogen) atoms. The van der Waals surface area contributed by atoms with E-state index in [1.165, 1.54) is 0 Å². The first-order valence-electron chi connectivity index (χ1n) is 4.58. The largest absolute Gasteiger partial charge is 0.322 e. The lowest BCUT2D eigenvalue weighted by Crippen LogP contribution is -2.32. The van der Waals surface area contributed by atoms with E-state index in [4.69, 9.17) is 9.05 Å². The zero-order valence-corrected chi connectivity index (χ0v) is 9.01. The molecule has 0 aromatic carbocycles. The van der Waals surface area contributed by atoms with E-state index in [9.17, 15) is 0 Å². The molecule has 1 heterocycles. The fraction of sp³-hybridized carbons (Fsp3) is 1.00. The van der Waals surface area contributed by atoms with Crippen molar-refractivity contribution in [3.8, 4) is 0 Å². The molecule has 1 fully saturated rings. The lowest BCUT2D eigenvalue weighted by Gasteiger charge is -2.35. The topological polar surface area (TPSA) is 21.7 Å². The van der Waals surface area contributed by atoms with Gasteiger partial charge in [0.05, 0.1) is 13.2 Å². The van der Waals surface area contributed by atoms with Crippen molar-refractivity contribution in [1.82, 2.24) is 4.67 Å². The minimum Gasteiger partial charge on any atom is -0.322 e. The van der Waals surface area contributed by atoms with Crippen LogP contribution in [0.2, 0.25) is 0 Å². The van der Waals surface area contributed by atoms with E-state index in [0.717, 1.165) is 26.2 Å². The Morgan fingerprint density at radius 1 is 1.58 bits per heavy atom. The molecule has 3 nitrogen and oxygen atoms in total. The van der Waals surface area contributed by atoms with Gasteiger partial charge in [0.2, 0.25) is 0 Å². The Kier molecular flexibility index (Phi) is 4.44. The van der Waals surface area contributed by atoms with Crippen molar-refractivity contribution in [1.29, 1.82) is 0 Å². The van der Waals surface area contributed by atoms with Crippen LogP contribution in [0.15, 0.2) is 0 Å². The maximum Gasteiger partial charge on any atom is 0.258 e. The minimum atomic E-state index is -0.741. The molecule has 1 aliphatic rings. The summed E-state index contributed by atoms with van der Waals surface area (Å²) in [4.78, 5) is 0. The van der Waals surface area contributed by atoms with Gasteiger partial charge in [-0.3, -0.25) is 0 Å². The molecular formula is C8H18NO2P. The normalized spacial score (nSPS) is 26.5. The first-order valence-corrected chi connectivity index (χ1v) is 5.71. The van der Waals surface area contributed by atoms with Gasteiger partial charge >= 0.3 is 0 Å². The van der Waals surface area contributed by atoms with Crippen molar-refractivity contribution in [2.75, 3.05) is 19.8 Å². The van der Waals surface area contributed by atoms with Crippen molar-refractivity contribution < 1.29 is 9.05 Å². The van der Waals surface area contributed by atoms with Gasteiger partial charge in [-0.1, -0.05) is 0 Å². The van der Waals surface area contributed by atoms with E-state index in [0.29, 0.717) is 6.04 Å². The van der Waals surface area contributed by atoms with Gasteiger partial charge in [0.1, 0.15) is 0 Å². The van der Waals surface area contributed by atoms with E-state index in [1.54, 1.807) is 0 Å². The summed E-state index contributed by atoms with van der Waals surface area (Å²) in [6.45, 7) is 9.10. The first kappa shape index (κ1) is 10.4. The van der Waals surface area contributed by atoms with Crippen molar-refractivity contribution >= 4 is 8.53 Å². The predicted molar refractivity (Wildman–Crippen MR) is 51.0 cm³/mol. The van der Waals surface area contributed by atoms with Crippen LogP contribution in [0, 0.1) is 0 Å². The molecule has 72 valence electrons. The maximum absolute atomic E-state index is 5.56. The van der Waals surface area contributed by atoms with Gasteiger partial charge in [-0.15, -0.1) is 0 Å². The molecule has 1 saturated heterocycles. The van der Waals surface area contributed by atoms with Crippen molar-refractivity contribution in [3.05, 3.63) is 0 Å². The Morgan fingerprint density at radius 2 is 2.33 bits per heavy atom. The molecule has 0 bridgehead atoms. The number of rotatable bonds is 3. The fourth-order valence-electron chi connectivity index (χ4n) is 1.19. The van der Waals surface area contributed by atoms with Gasteiger partial charge in [-0.25, -0.2) is 4.67 Å². The summed E-state index contributed by atoms with van der Waals surface area (Å²) in [6, 6.07) is 0.531. The van der Waals surface area contributed by atoms with Crippen LogP contribution in [0.5, 0.6) is 0 Å². The van der Waals surface area contributed by atoms with E-state index in [-0.39, 0.29) is 0 Å². The van der Waals surface area contributed by atoms with Gasteiger partial charge in [-0.05, 0) is 27.2 Å². The molecular weight excluding hydrogens is 173 g/mol. The van der Waals surface area contributed by atoms with E-state index < -0.39 is 8.53 Å². The van der Waals surface area contributed by atoms with Crippen LogP contribution in [-0.4, -0.2) is 30.5 Å². The van der Waals surface area contributed by atoms with E-state index in [2.05, 4.69) is 18.5 Å². The zero-order chi connectivity index (χ0) is 8.97. The smallest absolute Gasteiger partial charge is 0.258 e. The SMILES string of the molecule is CCOP1OCCCN1C(C)C. The summed E-state index contributed by atoms with van der Waals surface area (Å²) >= 11 is 0. The highest BCUT2D eigenvalue weighted by Gasteiger charge is 2.26. The zero-order valence-electron chi connectivity index (χ0n) is 8.12. The Morgan fingerprint density at radius 3 is 2.92 bits per heavy atom. The van der Waals surface area contributed by atoms with Crippen molar-refractivity contribution in [2.45, 2.75) is 33.2 Å². The second-order valence-corrected chi connectivity index (χ2v) is 4.61. The highest BCUT2D eigenvalue weighted by molar-refractivity contribution is 7.44. The summed E-state index contributed by atoms with van der Waals surface area (Å²) in [7, 11) is -0.741. The van der Waals surface area contributed by atoms with Gasteiger partial charge in [0.25, 0.3) is 8.53 Å². The Hall–Kier alpha value is 0.310. The molecule has 0 aromatic rings. The summed E-state index contributed by atoms with van der Waals surface area (Å²) in [5, 5.41) is 0. The quantitative estimate of drug-likeness (QED) is 0.639. The van der Waals surface area contributed by atoms with Crippen LogP contribution >= 0.6 is 8.53 Å². The second-order valence-electron chi connectivity index (χ2n) is 3.10. The molecule has 0 spiro atoms. The average molecular weight is 191 g/mol. The maximum atomic E-state index is 5.56. The highest BCUT2D eigenvalue weighted by atomic mass is 31.2. The van der Waals surface area contributed by atoms with Crippen LogP contribution < -0.4 is 0 Å². The molecule has 0 saturated carbocycles. The molecule has 0 amide bonds. The summed E-state index contributed by atoms with van der Waals surface area (Å²) < 4.78 is 13.4. The predicted octanol–water partition coefficient (Wildman–Crippen LogP) is 2.38. The Balaban J connectivity index is 2.42. The van der Waals surface area contributed by atoms with E-state index >= 15 is 0 Å². The molecule has 0 aliphatic carbocycles. The van der Waals surface area contributed by atoms with Gasteiger partial charge in [-0.2, -0.15) is 0 Å². The van der Waals surface area contributed by atoms with Crippen LogP contribution in [0.25, 0.3) is 0 Å². The van der Waals surface area contributed by atoms with Crippen LogP contribution in [0.3, 0.4) is 0 Å². The fourth-order valence-corrected chi connectivity index (χ4v) is 2.75. The highest BCUT2D eigenvalue weighted by Crippen LogP contribution is 2.46. The number of hydrogen-bond donors (Lipinski definition) is 0. The monoisotopic (exact) mass is 191 g/mol. The molecule has 0 N–H and O–H groups in total. The summed E-state index contributed by atoms with van der Waals surface area (Å²) in [5.41, 5.74) is 0. The standard InChI is InChI=1S/C8H18NO2P/c1-4-10-12-9(8(2)3)6-5-7-11-12/h8H,4-7H2,1-3H3. The minimum absolute atomic E-state index is 0.531. The third-order valence-electron chi connectivity index (χ3n) is 1.78. The summed E-state index contributed by atoms with van der Waals surface area (Å²) in [5.74, 6) is 0. The van der Waals surface area contributed by atoms with Gasteiger partial charge in [0.15, 0.2) is 0 Å². The van der Waals surface area contributed by atoms with Crippen LogP contribution in [0.1, 0.15) is 27.2 Å².